The van der Waals surface area contributed by atoms with Crippen LogP contribution in [0.5, 0.6) is 5.75 Å². The van der Waals surface area contributed by atoms with Gasteiger partial charge in [-0.15, -0.1) is 0 Å². The summed E-state index contributed by atoms with van der Waals surface area (Å²) in [6.07, 6.45) is 0.661. The molecular weight excluding hydrogens is 400 g/mol. The Morgan fingerprint density at radius 2 is 1.59 bits per heavy atom. The largest absolute Gasteiger partial charge is 0.483 e. The average molecular weight is 433 g/mol. The molecule has 0 spiro atoms. The molecule has 0 aromatic heterocycles. The highest BCUT2D eigenvalue weighted by molar-refractivity contribution is 5.90. The van der Waals surface area contributed by atoms with Gasteiger partial charge in [-0.1, -0.05) is 66.7 Å². The van der Waals surface area contributed by atoms with Gasteiger partial charge in [-0.2, -0.15) is 0 Å². The smallest absolute Gasteiger partial charge is 0.261 e. The summed E-state index contributed by atoms with van der Waals surface area (Å²) in [7, 11) is 0. The zero-order chi connectivity index (χ0) is 23.1. The summed E-state index contributed by atoms with van der Waals surface area (Å²) < 4.78 is 5.92. The van der Waals surface area contributed by atoms with Crippen molar-refractivity contribution in [2.75, 3.05) is 13.2 Å². The van der Waals surface area contributed by atoms with E-state index in [1.54, 1.807) is 11.8 Å². The first-order chi connectivity index (χ1) is 15.2. The van der Waals surface area contributed by atoms with Crippen molar-refractivity contribution in [1.29, 1.82) is 0 Å². The van der Waals surface area contributed by atoms with Gasteiger partial charge in [0.2, 0.25) is 5.91 Å². The first kappa shape index (κ1) is 23.3. The number of benzene rings is 3. The molecule has 0 heterocycles. The van der Waals surface area contributed by atoms with Crippen LogP contribution in [-0.2, 0) is 16.0 Å². The first-order valence-corrected chi connectivity index (χ1v) is 11.0. The van der Waals surface area contributed by atoms with Gasteiger partial charge in [0.15, 0.2) is 6.61 Å². The number of amides is 2. The lowest BCUT2D eigenvalue weighted by Gasteiger charge is -2.31. The highest BCUT2D eigenvalue weighted by atomic mass is 16.5. The van der Waals surface area contributed by atoms with Gasteiger partial charge in [-0.05, 0) is 51.1 Å². The van der Waals surface area contributed by atoms with E-state index in [-0.39, 0.29) is 24.0 Å². The SMILES string of the molecule is C[C@H](C(=O)NC(C)(C)C)N(CCc1ccccc1)C(=O)COc1cccc2ccccc12. The number of carbonyl (C=O) groups excluding carboxylic acids is 2. The second-order valence-electron chi connectivity index (χ2n) is 9.00. The van der Waals surface area contributed by atoms with Crippen LogP contribution in [-0.4, -0.2) is 41.4 Å². The van der Waals surface area contributed by atoms with Crippen LogP contribution in [0.15, 0.2) is 72.8 Å². The van der Waals surface area contributed by atoms with Gasteiger partial charge in [-0.3, -0.25) is 9.59 Å². The Kier molecular flexibility index (Phi) is 7.52. The topological polar surface area (TPSA) is 58.6 Å². The van der Waals surface area contributed by atoms with E-state index in [0.717, 1.165) is 16.3 Å². The number of hydrogen-bond donors (Lipinski definition) is 1. The molecule has 1 atom stereocenters. The second-order valence-corrected chi connectivity index (χ2v) is 9.00. The molecule has 0 aliphatic carbocycles. The van der Waals surface area contributed by atoms with Crippen LogP contribution >= 0.6 is 0 Å². The van der Waals surface area contributed by atoms with Crippen molar-refractivity contribution in [2.24, 2.45) is 0 Å². The molecule has 2 amide bonds. The summed E-state index contributed by atoms with van der Waals surface area (Å²) in [6, 6.07) is 23.0. The third kappa shape index (κ3) is 6.33. The van der Waals surface area contributed by atoms with Crippen LogP contribution in [0.3, 0.4) is 0 Å². The number of ether oxygens (including phenoxy) is 1. The van der Waals surface area contributed by atoms with Gasteiger partial charge in [0.25, 0.3) is 5.91 Å². The summed E-state index contributed by atoms with van der Waals surface area (Å²) in [4.78, 5) is 27.6. The van der Waals surface area contributed by atoms with Crippen LogP contribution in [0.25, 0.3) is 10.8 Å². The fourth-order valence-electron chi connectivity index (χ4n) is 3.59. The standard InChI is InChI=1S/C27H32N2O3/c1-20(26(31)28-27(2,3)4)29(18-17-21-11-6-5-7-12-21)25(30)19-32-24-16-10-14-22-13-8-9-15-23(22)24/h5-16,20H,17-19H2,1-4H3,(H,28,31)/t20-/m1/s1. The van der Waals surface area contributed by atoms with Gasteiger partial charge in [-0.25, -0.2) is 0 Å². The normalized spacial score (nSPS) is 12.2. The van der Waals surface area contributed by atoms with Crippen LogP contribution < -0.4 is 10.1 Å². The fraction of sp³-hybridized carbons (Fsp3) is 0.333. The van der Waals surface area contributed by atoms with Crippen molar-refractivity contribution in [3.63, 3.8) is 0 Å². The van der Waals surface area contributed by atoms with E-state index in [9.17, 15) is 9.59 Å². The van der Waals surface area contributed by atoms with Crippen LogP contribution in [0.1, 0.15) is 33.3 Å². The molecule has 32 heavy (non-hydrogen) atoms. The molecule has 1 N–H and O–H groups in total. The summed E-state index contributed by atoms with van der Waals surface area (Å²) >= 11 is 0. The van der Waals surface area contributed by atoms with Crippen molar-refractivity contribution < 1.29 is 14.3 Å². The Morgan fingerprint density at radius 3 is 2.31 bits per heavy atom. The summed E-state index contributed by atoms with van der Waals surface area (Å²) in [6.45, 7) is 7.85. The Morgan fingerprint density at radius 1 is 0.938 bits per heavy atom. The zero-order valence-corrected chi connectivity index (χ0v) is 19.3. The van der Waals surface area contributed by atoms with Gasteiger partial charge < -0.3 is 15.0 Å². The molecular formula is C27H32N2O3. The summed E-state index contributed by atoms with van der Waals surface area (Å²) in [5, 5.41) is 4.98. The Bertz CT molecular complexity index is 1050. The maximum absolute atomic E-state index is 13.2. The molecule has 0 aliphatic heterocycles. The maximum atomic E-state index is 13.2. The second kappa shape index (κ2) is 10.3. The van der Waals surface area contributed by atoms with E-state index >= 15 is 0 Å². The molecule has 3 aromatic rings. The van der Waals surface area contributed by atoms with Crippen LogP contribution in [0, 0.1) is 0 Å². The molecule has 168 valence electrons. The van der Waals surface area contributed by atoms with Crippen molar-refractivity contribution in [2.45, 2.75) is 45.7 Å². The van der Waals surface area contributed by atoms with Crippen molar-refractivity contribution in [3.05, 3.63) is 78.4 Å². The Hall–Kier alpha value is -3.34. The molecule has 5 nitrogen and oxygen atoms in total. The minimum Gasteiger partial charge on any atom is -0.483 e. The van der Waals surface area contributed by atoms with Crippen LogP contribution in [0.4, 0.5) is 0 Å². The Labute approximate surface area is 190 Å². The van der Waals surface area contributed by atoms with Gasteiger partial charge in [0, 0.05) is 17.5 Å². The lowest BCUT2D eigenvalue weighted by Crippen LogP contribution is -2.53. The quantitative estimate of drug-likeness (QED) is 0.566. The lowest BCUT2D eigenvalue weighted by atomic mass is 10.1. The molecule has 3 rings (SSSR count). The van der Waals surface area contributed by atoms with E-state index in [2.05, 4.69) is 5.32 Å². The van der Waals surface area contributed by atoms with Crippen molar-refractivity contribution in [3.8, 4) is 5.75 Å². The number of rotatable bonds is 8. The monoisotopic (exact) mass is 432 g/mol. The molecule has 5 heteroatoms. The van der Waals surface area contributed by atoms with E-state index in [1.807, 2.05) is 93.6 Å². The fourth-order valence-corrected chi connectivity index (χ4v) is 3.59. The minimum absolute atomic E-state index is 0.129. The minimum atomic E-state index is -0.610. The molecule has 0 bridgehead atoms. The lowest BCUT2D eigenvalue weighted by molar-refractivity contribution is -0.142. The number of fused-ring (bicyclic) bond motifs is 1. The van der Waals surface area contributed by atoms with E-state index in [4.69, 9.17) is 4.74 Å². The highest BCUT2D eigenvalue weighted by Gasteiger charge is 2.28. The molecule has 0 aliphatic rings. The first-order valence-electron chi connectivity index (χ1n) is 11.0. The van der Waals surface area contributed by atoms with Crippen molar-refractivity contribution in [1.82, 2.24) is 10.2 Å². The maximum Gasteiger partial charge on any atom is 0.261 e. The van der Waals surface area contributed by atoms with E-state index in [1.165, 1.54) is 0 Å². The van der Waals surface area contributed by atoms with Gasteiger partial charge in [0.1, 0.15) is 11.8 Å². The summed E-state index contributed by atoms with van der Waals surface area (Å²) in [5.41, 5.74) is 0.738. The van der Waals surface area contributed by atoms with E-state index in [0.29, 0.717) is 18.7 Å². The molecule has 0 radical (unpaired) electrons. The third-order valence-corrected chi connectivity index (χ3v) is 5.25. The van der Waals surface area contributed by atoms with Gasteiger partial charge in [0.05, 0.1) is 0 Å². The number of hydrogen-bond acceptors (Lipinski definition) is 3. The van der Waals surface area contributed by atoms with Crippen LogP contribution in [0.2, 0.25) is 0 Å². The number of nitrogens with one attached hydrogen (secondary N) is 1. The zero-order valence-electron chi connectivity index (χ0n) is 19.3. The average Bonchev–Trinajstić information content (AvgIpc) is 2.77. The highest BCUT2D eigenvalue weighted by Crippen LogP contribution is 2.25. The molecule has 0 unspecified atom stereocenters. The molecule has 0 saturated heterocycles. The molecule has 0 fully saturated rings. The number of carbonyl (C=O) groups is 2. The summed E-state index contributed by atoms with van der Waals surface area (Å²) in [5.74, 6) is 0.265. The number of nitrogens with zero attached hydrogens (tertiary/aromatic N) is 1. The predicted octanol–water partition coefficient (Wildman–Crippen LogP) is 4.59. The predicted molar refractivity (Wildman–Crippen MR) is 129 cm³/mol. The van der Waals surface area contributed by atoms with Crippen molar-refractivity contribution >= 4 is 22.6 Å². The Balaban J connectivity index is 1.74. The van der Waals surface area contributed by atoms with Gasteiger partial charge >= 0.3 is 0 Å². The molecule has 0 saturated carbocycles. The van der Waals surface area contributed by atoms with E-state index < -0.39 is 6.04 Å². The third-order valence-electron chi connectivity index (χ3n) is 5.25. The molecule has 3 aromatic carbocycles.